The number of para-hydroxylation sites is 1. The molecule has 6 nitrogen and oxygen atoms in total. The van der Waals surface area contributed by atoms with Gasteiger partial charge in [-0.05, 0) is 44.7 Å². The van der Waals surface area contributed by atoms with Crippen molar-refractivity contribution in [2.75, 3.05) is 11.6 Å². The van der Waals surface area contributed by atoms with E-state index in [2.05, 4.69) is 24.3 Å². The van der Waals surface area contributed by atoms with Crippen molar-refractivity contribution in [2.45, 2.75) is 52.1 Å². The number of carbonyl (C=O) groups excluding carboxylic acids is 2. The summed E-state index contributed by atoms with van der Waals surface area (Å²) < 4.78 is 0. The molecule has 2 amide bonds. The lowest BCUT2D eigenvalue weighted by molar-refractivity contribution is -0.126. The third-order valence-electron chi connectivity index (χ3n) is 4.96. The van der Waals surface area contributed by atoms with Crippen LogP contribution in [0.25, 0.3) is 0 Å². The molecular weight excluding hydrogens is 316 g/mol. The lowest BCUT2D eigenvalue weighted by Gasteiger charge is -2.34. The lowest BCUT2D eigenvalue weighted by atomic mass is 10.1. The number of amidine groups is 1. The zero-order chi connectivity index (χ0) is 18.0. The fourth-order valence-electron chi connectivity index (χ4n) is 3.44. The van der Waals surface area contributed by atoms with Crippen LogP contribution in [0.1, 0.15) is 40.0 Å². The zero-order valence-corrected chi connectivity index (χ0v) is 15.1. The second-order valence-electron chi connectivity index (χ2n) is 7.12. The van der Waals surface area contributed by atoms with E-state index in [1.54, 1.807) is 6.92 Å². The van der Waals surface area contributed by atoms with Gasteiger partial charge < -0.3 is 4.90 Å². The van der Waals surface area contributed by atoms with Crippen molar-refractivity contribution in [2.24, 2.45) is 10.9 Å². The molecule has 0 bridgehead atoms. The Kier molecular flexibility index (Phi) is 5.06. The van der Waals surface area contributed by atoms with Gasteiger partial charge in [0, 0.05) is 12.6 Å². The van der Waals surface area contributed by atoms with Gasteiger partial charge in [-0.15, -0.1) is 0 Å². The van der Waals surface area contributed by atoms with Crippen molar-refractivity contribution >= 4 is 23.3 Å². The number of hydrazine groups is 1. The van der Waals surface area contributed by atoms with E-state index in [0.29, 0.717) is 11.6 Å². The molecule has 3 rings (SSSR count). The van der Waals surface area contributed by atoms with Crippen molar-refractivity contribution in [3.63, 3.8) is 0 Å². The Hall–Kier alpha value is -2.37. The molecule has 0 spiro atoms. The van der Waals surface area contributed by atoms with Crippen LogP contribution in [0.15, 0.2) is 35.3 Å². The van der Waals surface area contributed by atoms with Gasteiger partial charge in [-0.1, -0.05) is 31.5 Å². The highest BCUT2D eigenvalue weighted by Gasteiger charge is 2.34. The highest BCUT2D eigenvalue weighted by molar-refractivity contribution is 6.39. The number of aliphatic imine (C=N–C) groups is 1. The molecule has 3 atom stereocenters. The summed E-state index contributed by atoms with van der Waals surface area (Å²) in [5.74, 6) is 0.431. The number of anilines is 1. The van der Waals surface area contributed by atoms with E-state index in [0.717, 1.165) is 25.8 Å². The summed E-state index contributed by atoms with van der Waals surface area (Å²) in [6.07, 6.45) is 3.27. The topological polar surface area (TPSA) is 65.0 Å². The molecule has 6 heteroatoms. The predicted molar refractivity (Wildman–Crippen MR) is 98.2 cm³/mol. The Morgan fingerprint density at radius 2 is 1.88 bits per heavy atom. The van der Waals surface area contributed by atoms with Crippen LogP contribution in [0, 0.1) is 5.92 Å². The summed E-state index contributed by atoms with van der Waals surface area (Å²) in [6.45, 7) is 6.72. The van der Waals surface area contributed by atoms with Crippen LogP contribution in [0.2, 0.25) is 0 Å². The minimum atomic E-state index is -0.583. The number of likely N-dealkylation sites (tertiary alicyclic amines) is 1. The number of benzene rings is 1. The van der Waals surface area contributed by atoms with E-state index in [-0.39, 0.29) is 23.7 Å². The van der Waals surface area contributed by atoms with Crippen molar-refractivity contribution in [3.8, 4) is 0 Å². The van der Waals surface area contributed by atoms with Gasteiger partial charge in [0.2, 0.25) is 5.84 Å². The number of rotatable bonds is 2. The maximum absolute atomic E-state index is 13.1. The number of hydrogen-bond donors (Lipinski definition) is 1. The normalized spacial score (nSPS) is 27.4. The monoisotopic (exact) mass is 342 g/mol. The van der Waals surface area contributed by atoms with Crippen LogP contribution in [-0.2, 0) is 9.59 Å². The summed E-state index contributed by atoms with van der Waals surface area (Å²) in [5, 5.41) is 1.43. The number of nitrogens with zero attached hydrogens (tertiary/aromatic N) is 3. The van der Waals surface area contributed by atoms with Gasteiger partial charge in [-0.2, -0.15) is 0 Å². The van der Waals surface area contributed by atoms with E-state index in [1.807, 2.05) is 35.2 Å². The molecule has 25 heavy (non-hydrogen) atoms. The molecule has 2 aliphatic heterocycles. The van der Waals surface area contributed by atoms with Crippen LogP contribution < -0.4 is 10.4 Å². The van der Waals surface area contributed by atoms with E-state index in [9.17, 15) is 9.59 Å². The van der Waals surface area contributed by atoms with Gasteiger partial charge in [-0.3, -0.25) is 15.0 Å². The van der Waals surface area contributed by atoms with Gasteiger partial charge in [0.1, 0.15) is 6.04 Å². The van der Waals surface area contributed by atoms with Gasteiger partial charge in [0.25, 0.3) is 11.8 Å². The summed E-state index contributed by atoms with van der Waals surface area (Å²) >= 11 is 0. The molecular formula is C19H26N4O2. The Bertz CT molecular complexity index is 673. The van der Waals surface area contributed by atoms with E-state index in [1.165, 1.54) is 5.01 Å². The Morgan fingerprint density at radius 3 is 2.60 bits per heavy atom. The first-order valence-corrected chi connectivity index (χ1v) is 9.02. The fraction of sp³-hybridized carbons (Fsp3) is 0.526. The smallest absolute Gasteiger partial charge is 0.290 e. The molecule has 1 aromatic rings. The highest BCUT2D eigenvalue weighted by Crippen LogP contribution is 2.22. The number of nitrogens with one attached hydrogen (secondary N) is 1. The molecule has 1 fully saturated rings. The van der Waals surface area contributed by atoms with Gasteiger partial charge >= 0.3 is 0 Å². The molecule has 0 saturated carbocycles. The molecule has 0 aliphatic carbocycles. The van der Waals surface area contributed by atoms with Crippen molar-refractivity contribution in [3.05, 3.63) is 30.3 Å². The van der Waals surface area contributed by atoms with Crippen LogP contribution in [0.4, 0.5) is 5.69 Å². The maximum atomic E-state index is 13.1. The standard InChI is InChI=1S/C19H26N4O2/c1-13-8-7-9-14(2)22(12-13)19(25)17-20-15(3)18(24)23(21-17)16-10-5-4-6-11-16/h4-6,10-11,13-15H,7-9,12H2,1-3H3,(H,20,21)/t13-,14-,15-/m1/s1. The van der Waals surface area contributed by atoms with Crippen LogP contribution in [0.5, 0.6) is 0 Å². The van der Waals surface area contributed by atoms with E-state index in [4.69, 9.17) is 0 Å². The highest BCUT2D eigenvalue weighted by atomic mass is 16.2. The molecule has 0 aromatic heterocycles. The summed E-state index contributed by atoms with van der Waals surface area (Å²) in [6, 6.07) is 8.88. The average Bonchev–Trinajstić information content (AvgIpc) is 2.78. The SMILES string of the molecule is C[C@@H]1CCC[C@@H](C)N(C(=O)C2=N[C@H](C)C(=O)N(c3ccccc3)N2)C1. The average molecular weight is 342 g/mol. The van der Waals surface area contributed by atoms with Crippen molar-refractivity contribution < 1.29 is 9.59 Å². The molecule has 1 aromatic carbocycles. The summed E-state index contributed by atoms with van der Waals surface area (Å²) in [5.41, 5.74) is 3.65. The van der Waals surface area contributed by atoms with Crippen molar-refractivity contribution in [1.82, 2.24) is 10.3 Å². The van der Waals surface area contributed by atoms with Crippen LogP contribution in [0.3, 0.4) is 0 Å². The zero-order valence-electron chi connectivity index (χ0n) is 15.1. The fourth-order valence-corrected chi connectivity index (χ4v) is 3.44. The largest absolute Gasteiger partial charge is 0.333 e. The summed E-state index contributed by atoms with van der Waals surface area (Å²) in [4.78, 5) is 31.8. The quantitative estimate of drug-likeness (QED) is 0.897. The Balaban J connectivity index is 1.84. The van der Waals surface area contributed by atoms with Crippen LogP contribution in [-0.4, -0.2) is 41.2 Å². The number of amides is 2. The van der Waals surface area contributed by atoms with Crippen LogP contribution >= 0.6 is 0 Å². The minimum absolute atomic E-state index is 0.124. The first kappa shape index (κ1) is 17.5. The van der Waals surface area contributed by atoms with E-state index >= 15 is 0 Å². The predicted octanol–water partition coefficient (Wildman–Crippen LogP) is 2.36. The van der Waals surface area contributed by atoms with Gasteiger partial charge in [-0.25, -0.2) is 10.0 Å². The summed E-state index contributed by atoms with van der Waals surface area (Å²) in [7, 11) is 0. The second kappa shape index (κ2) is 7.25. The molecule has 134 valence electrons. The number of hydrogen-bond acceptors (Lipinski definition) is 4. The molecule has 1 saturated heterocycles. The third-order valence-corrected chi connectivity index (χ3v) is 4.96. The molecule has 1 N–H and O–H groups in total. The van der Waals surface area contributed by atoms with E-state index < -0.39 is 6.04 Å². The molecule has 2 heterocycles. The van der Waals surface area contributed by atoms with Crippen molar-refractivity contribution in [1.29, 1.82) is 0 Å². The molecule has 0 radical (unpaired) electrons. The minimum Gasteiger partial charge on any atom is -0.333 e. The maximum Gasteiger partial charge on any atom is 0.290 e. The number of carbonyl (C=O) groups is 2. The second-order valence-corrected chi connectivity index (χ2v) is 7.12. The van der Waals surface area contributed by atoms with Gasteiger partial charge in [0.05, 0.1) is 5.69 Å². The molecule has 2 aliphatic rings. The first-order valence-electron chi connectivity index (χ1n) is 9.02. The Morgan fingerprint density at radius 1 is 1.16 bits per heavy atom. The van der Waals surface area contributed by atoms with Gasteiger partial charge in [0.15, 0.2) is 0 Å². The Labute approximate surface area is 148 Å². The lowest BCUT2D eigenvalue weighted by Crippen LogP contribution is -2.59. The first-order chi connectivity index (χ1) is 12.0. The molecule has 0 unspecified atom stereocenters. The third kappa shape index (κ3) is 3.67.